The molecule has 0 amide bonds. The molecule has 0 aromatic heterocycles. The normalized spacial score (nSPS) is 11.2. The fraction of sp³-hybridized carbons (Fsp3) is 0.467. The number of hydrogen-bond donors (Lipinski definition) is 0. The van der Waals surface area contributed by atoms with Crippen molar-refractivity contribution in [2.24, 2.45) is 0 Å². The topological polar surface area (TPSA) is 9.23 Å². The third-order valence-electron chi connectivity index (χ3n) is 2.24. The van der Waals surface area contributed by atoms with Crippen molar-refractivity contribution in [1.29, 1.82) is 0 Å². The van der Waals surface area contributed by atoms with Gasteiger partial charge in [-0.25, -0.2) is 0 Å². The molecule has 0 unspecified atom stereocenters. The maximum Gasteiger partial charge on any atom is 0.120 e. The molecule has 1 aromatic carbocycles. The van der Waals surface area contributed by atoms with Gasteiger partial charge in [0.25, 0.3) is 0 Å². The average molecular weight is 218 g/mol. The van der Waals surface area contributed by atoms with Gasteiger partial charge in [-0.1, -0.05) is 32.1 Å². The second-order valence-electron chi connectivity index (χ2n) is 5.09. The summed E-state index contributed by atoms with van der Waals surface area (Å²) < 4.78 is 5.77. The minimum absolute atomic E-state index is 0.137. The van der Waals surface area contributed by atoms with Crippen LogP contribution in [0.1, 0.15) is 46.1 Å². The van der Waals surface area contributed by atoms with Gasteiger partial charge < -0.3 is 4.74 Å². The van der Waals surface area contributed by atoms with E-state index >= 15 is 0 Å². The van der Waals surface area contributed by atoms with Crippen molar-refractivity contribution in [2.75, 3.05) is 0 Å². The van der Waals surface area contributed by atoms with Gasteiger partial charge in [0.2, 0.25) is 0 Å². The lowest BCUT2D eigenvalue weighted by Crippen LogP contribution is -2.22. The van der Waals surface area contributed by atoms with Crippen molar-refractivity contribution in [1.82, 2.24) is 0 Å². The Labute approximate surface area is 99.1 Å². The van der Waals surface area contributed by atoms with Gasteiger partial charge in [-0.3, -0.25) is 0 Å². The Morgan fingerprint density at radius 3 is 2.19 bits per heavy atom. The maximum absolute atomic E-state index is 5.77. The lowest BCUT2D eigenvalue weighted by Gasteiger charge is -2.21. The fourth-order valence-electron chi connectivity index (χ4n) is 1.56. The van der Waals surface area contributed by atoms with Crippen molar-refractivity contribution in [3.63, 3.8) is 0 Å². The van der Waals surface area contributed by atoms with E-state index in [4.69, 9.17) is 4.74 Å². The van der Waals surface area contributed by atoms with E-state index in [2.05, 4.69) is 46.4 Å². The van der Waals surface area contributed by atoms with Crippen LogP contribution in [0.5, 0.6) is 5.75 Å². The molecule has 0 aliphatic rings. The van der Waals surface area contributed by atoms with Gasteiger partial charge in [0.15, 0.2) is 0 Å². The van der Waals surface area contributed by atoms with Crippen molar-refractivity contribution >= 4 is 5.57 Å². The van der Waals surface area contributed by atoms with Crippen LogP contribution in [0.3, 0.4) is 0 Å². The molecule has 0 N–H and O–H groups in total. The number of hydrogen-bond acceptors (Lipinski definition) is 1. The zero-order chi connectivity index (χ0) is 12.2. The lowest BCUT2D eigenvalue weighted by molar-refractivity contribution is 0.131. The molecule has 0 saturated heterocycles. The van der Waals surface area contributed by atoms with Crippen LogP contribution in [0.15, 0.2) is 30.8 Å². The van der Waals surface area contributed by atoms with Gasteiger partial charge in [0, 0.05) is 0 Å². The summed E-state index contributed by atoms with van der Waals surface area (Å²) >= 11 is 0. The largest absolute Gasteiger partial charge is 0.488 e. The molecule has 1 rings (SSSR count). The molecule has 0 bridgehead atoms. The third-order valence-corrected chi connectivity index (χ3v) is 2.24. The second-order valence-corrected chi connectivity index (χ2v) is 5.09. The SMILES string of the molecule is C=C(CCC)c1ccc(OC(C)(C)C)cc1. The van der Waals surface area contributed by atoms with Crippen LogP contribution < -0.4 is 4.74 Å². The van der Waals surface area contributed by atoms with Crippen LogP contribution in [-0.4, -0.2) is 5.60 Å². The van der Waals surface area contributed by atoms with Gasteiger partial charge in [0.1, 0.15) is 11.4 Å². The minimum atomic E-state index is -0.137. The summed E-state index contributed by atoms with van der Waals surface area (Å²) in [5.41, 5.74) is 2.27. The number of rotatable bonds is 4. The first-order valence-electron chi connectivity index (χ1n) is 5.89. The van der Waals surface area contributed by atoms with Gasteiger partial charge >= 0.3 is 0 Å². The van der Waals surface area contributed by atoms with Crippen LogP contribution in [-0.2, 0) is 0 Å². The molecule has 0 aliphatic heterocycles. The van der Waals surface area contributed by atoms with Crippen LogP contribution in [0.25, 0.3) is 5.57 Å². The highest BCUT2D eigenvalue weighted by Crippen LogP contribution is 2.23. The molecule has 0 radical (unpaired) electrons. The summed E-state index contributed by atoms with van der Waals surface area (Å²) in [4.78, 5) is 0. The summed E-state index contributed by atoms with van der Waals surface area (Å²) in [5.74, 6) is 0.917. The third kappa shape index (κ3) is 4.09. The number of allylic oxidation sites excluding steroid dienone is 1. The molecule has 88 valence electrons. The Morgan fingerprint density at radius 1 is 1.19 bits per heavy atom. The van der Waals surface area contributed by atoms with E-state index in [1.54, 1.807) is 0 Å². The zero-order valence-electron chi connectivity index (χ0n) is 10.8. The summed E-state index contributed by atoms with van der Waals surface area (Å²) in [6.07, 6.45) is 2.19. The van der Waals surface area contributed by atoms with E-state index in [1.807, 2.05) is 12.1 Å². The van der Waals surface area contributed by atoms with Gasteiger partial charge in [-0.15, -0.1) is 0 Å². The predicted molar refractivity (Wildman–Crippen MR) is 70.8 cm³/mol. The summed E-state index contributed by atoms with van der Waals surface area (Å²) in [7, 11) is 0. The summed E-state index contributed by atoms with van der Waals surface area (Å²) in [6, 6.07) is 8.20. The number of ether oxygens (including phenoxy) is 1. The lowest BCUT2D eigenvalue weighted by atomic mass is 10.0. The zero-order valence-corrected chi connectivity index (χ0v) is 10.8. The quantitative estimate of drug-likeness (QED) is 0.713. The van der Waals surface area contributed by atoms with E-state index in [-0.39, 0.29) is 5.60 Å². The minimum Gasteiger partial charge on any atom is -0.488 e. The molecule has 1 nitrogen and oxygen atoms in total. The first-order chi connectivity index (χ1) is 7.42. The van der Waals surface area contributed by atoms with Gasteiger partial charge in [0.05, 0.1) is 0 Å². The molecule has 1 aromatic rings. The van der Waals surface area contributed by atoms with E-state index in [0.717, 1.165) is 18.6 Å². The molecule has 0 spiro atoms. The second kappa shape index (κ2) is 5.20. The smallest absolute Gasteiger partial charge is 0.120 e. The first-order valence-corrected chi connectivity index (χ1v) is 5.89. The Bertz CT molecular complexity index is 341. The Hall–Kier alpha value is -1.24. The van der Waals surface area contributed by atoms with Crippen molar-refractivity contribution in [2.45, 2.75) is 46.1 Å². The highest BCUT2D eigenvalue weighted by molar-refractivity contribution is 5.63. The van der Waals surface area contributed by atoms with Crippen molar-refractivity contribution in [3.8, 4) is 5.75 Å². The molecule has 0 saturated carbocycles. The highest BCUT2D eigenvalue weighted by atomic mass is 16.5. The van der Waals surface area contributed by atoms with Gasteiger partial charge in [-0.2, -0.15) is 0 Å². The first kappa shape index (κ1) is 12.8. The van der Waals surface area contributed by atoms with Crippen molar-refractivity contribution < 1.29 is 4.74 Å². The predicted octanol–water partition coefficient (Wildman–Crippen LogP) is 4.68. The van der Waals surface area contributed by atoms with E-state index < -0.39 is 0 Å². The molecule has 0 atom stereocenters. The van der Waals surface area contributed by atoms with Crippen LogP contribution in [0.2, 0.25) is 0 Å². The molecule has 1 heteroatoms. The van der Waals surface area contributed by atoms with E-state index in [0.29, 0.717) is 0 Å². The standard InChI is InChI=1S/C15H22O/c1-6-7-12(2)13-8-10-14(11-9-13)16-15(3,4)5/h8-11H,2,6-7H2,1,3-5H3. The summed E-state index contributed by atoms with van der Waals surface area (Å²) in [5, 5.41) is 0. The average Bonchev–Trinajstić information content (AvgIpc) is 2.16. The molecule has 0 aliphatic carbocycles. The Kier molecular flexibility index (Phi) is 4.17. The van der Waals surface area contributed by atoms with Crippen LogP contribution >= 0.6 is 0 Å². The highest BCUT2D eigenvalue weighted by Gasteiger charge is 2.11. The molecular formula is C15H22O. The Balaban J connectivity index is 2.72. The summed E-state index contributed by atoms with van der Waals surface area (Å²) in [6.45, 7) is 12.4. The monoisotopic (exact) mass is 218 g/mol. The van der Waals surface area contributed by atoms with E-state index in [1.165, 1.54) is 11.1 Å². The van der Waals surface area contributed by atoms with Crippen LogP contribution in [0, 0.1) is 0 Å². The van der Waals surface area contributed by atoms with Crippen molar-refractivity contribution in [3.05, 3.63) is 36.4 Å². The van der Waals surface area contributed by atoms with E-state index in [9.17, 15) is 0 Å². The van der Waals surface area contributed by atoms with Gasteiger partial charge in [-0.05, 0) is 50.5 Å². The molecular weight excluding hydrogens is 196 g/mol. The molecule has 16 heavy (non-hydrogen) atoms. The number of benzene rings is 1. The molecule has 0 fully saturated rings. The maximum atomic E-state index is 5.77. The fourth-order valence-corrected chi connectivity index (χ4v) is 1.56. The molecule has 0 heterocycles. The Morgan fingerprint density at radius 2 is 1.75 bits per heavy atom. The van der Waals surface area contributed by atoms with Crippen LogP contribution in [0.4, 0.5) is 0 Å².